The van der Waals surface area contributed by atoms with Crippen molar-refractivity contribution in [1.29, 1.82) is 0 Å². The van der Waals surface area contributed by atoms with Gasteiger partial charge in [-0.25, -0.2) is 4.68 Å². The summed E-state index contributed by atoms with van der Waals surface area (Å²) in [5, 5.41) is 8.18. The molecule has 1 aromatic heterocycles. The number of hydrogen-bond donors (Lipinski definition) is 0. The fourth-order valence-electron chi connectivity index (χ4n) is 1.24. The molecular weight excluding hydrogens is 402 g/mol. The van der Waals surface area contributed by atoms with Gasteiger partial charge in [-0.3, -0.25) is 0 Å². The first-order valence-electron chi connectivity index (χ1n) is 4.59. The highest BCUT2D eigenvalue weighted by atomic mass is 79.9. The second-order valence-corrected chi connectivity index (χ2v) is 6.44. The van der Waals surface area contributed by atoms with E-state index in [0.29, 0.717) is 0 Å². The average molecular weight is 410 g/mol. The second kappa shape index (κ2) is 4.98. The van der Waals surface area contributed by atoms with E-state index >= 15 is 0 Å². The number of hydrogen-bond acceptors (Lipinski definition) is 2. The zero-order valence-corrected chi connectivity index (χ0v) is 13.1. The third kappa shape index (κ3) is 2.55. The van der Waals surface area contributed by atoms with Crippen LogP contribution in [0.2, 0.25) is 0 Å². The quantitative estimate of drug-likeness (QED) is 0.694. The highest BCUT2D eigenvalue weighted by Gasteiger charge is 2.09. The Morgan fingerprint density at radius 3 is 2.62 bits per heavy atom. The van der Waals surface area contributed by atoms with Gasteiger partial charge < -0.3 is 0 Å². The first-order chi connectivity index (χ1) is 7.58. The van der Waals surface area contributed by atoms with Crippen LogP contribution in [-0.4, -0.2) is 15.0 Å². The van der Waals surface area contributed by atoms with E-state index in [4.69, 9.17) is 0 Å². The molecule has 1 atom stereocenters. The summed E-state index contributed by atoms with van der Waals surface area (Å²) in [6.07, 6.45) is 1.91. The van der Waals surface area contributed by atoms with Gasteiger partial charge in [0.2, 0.25) is 0 Å². The Bertz CT molecular complexity index is 508. The van der Waals surface area contributed by atoms with Crippen molar-refractivity contribution < 1.29 is 0 Å². The lowest BCUT2D eigenvalue weighted by atomic mass is 10.3. The molecule has 0 aliphatic heterocycles. The lowest BCUT2D eigenvalue weighted by Gasteiger charge is -2.03. The second-order valence-electron chi connectivity index (χ2n) is 3.30. The molecule has 16 heavy (non-hydrogen) atoms. The molecule has 0 aliphatic carbocycles. The van der Waals surface area contributed by atoms with Crippen molar-refractivity contribution >= 4 is 47.8 Å². The fraction of sp³-hybridized carbons (Fsp3) is 0.200. The van der Waals surface area contributed by atoms with Crippen LogP contribution in [0.4, 0.5) is 0 Å². The minimum absolute atomic E-state index is 0.204. The van der Waals surface area contributed by atoms with Crippen molar-refractivity contribution in [2.24, 2.45) is 0 Å². The number of alkyl halides is 1. The van der Waals surface area contributed by atoms with E-state index in [9.17, 15) is 0 Å². The maximum atomic E-state index is 4.09. The molecule has 0 bridgehead atoms. The molecule has 0 spiro atoms. The molecule has 0 saturated heterocycles. The van der Waals surface area contributed by atoms with E-state index in [2.05, 4.69) is 58.1 Å². The molecule has 6 heteroatoms. The van der Waals surface area contributed by atoms with Gasteiger partial charge in [0.15, 0.2) is 0 Å². The molecule has 1 unspecified atom stereocenters. The van der Waals surface area contributed by atoms with E-state index in [1.807, 2.05) is 31.3 Å². The van der Waals surface area contributed by atoms with Crippen LogP contribution < -0.4 is 0 Å². The predicted molar refractivity (Wildman–Crippen MR) is 74.1 cm³/mol. The summed E-state index contributed by atoms with van der Waals surface area (Å²) >= 11 is 10.4. The molecule has 0 fully saturated rings. The van der Waals surface area contributed by atoms with Crippen LogP contribution in [0.3, 0.4) is 0 Å². The minimum atomic E-state index is 0.204. The molecule has 1 aromatic carbocycles. The Balaban J connectivity index is 2.42. The zero-order valence-electron chi connectivity index (χ0n) is 8.36. The van der Waals surface area contributed by atoms with Gasteiger partial charge in [-0.2, -0.15) is 0 Å². The molecule has 2 rings (SSSR count). The summed E-state index contributed by atoms with van der Waals surface area (Å²) in [6, 6.07) is 5.93. The number of rotatable bonds is 2. The Hall–Kier alpha value is -0.200. The van der Waals surface area contributed by atoms with Crippen molar-refractivity contribution in [3.63, 3.8) is 0 Å². The van der Waals surface area contributed by atoms with E-state index in [0.717, 1.165) is 20.3 Å². The average Bonchev–Trinajstić information content (AvgIpc) is 2.66. The van der Waals surface area contributed by atoms with Gasteiger partial charge in [-0.15, -0.1) is 5.10 Å². The first-order valence-corrected chi connectivity index (χ1v) is 7.10. The molecule has 84 valence electrons. The zero-order chi connectivity index (χ0) is 11.7. The summed E-state index contributed by atoms with van der Waals surface area (Å²) in [7, 11) is 0. The summed E-state index contributed by atoms with van der Waals surface area (Å²) in [5.41, 5.74) is 1.88. The van der Waals surface area contributed by atoms with Crippen molar-refractivity contribution in [1.82, 2.24) is 15.0 Å². The molecule has 0 aliphatic rings. The fourth-order valence-corrected chi connectivity index (χ4v) is 2.68. The van der Waals surface area contributed by atoms with E-state index in [1.165, 1.54) is 0 Å². The molecular formula is C10H8Br3N3. The van der Waals surface area contributed by atoms with Gasteiger partial charge >= 0.3 is 0 Å². The third-order valence-electron chi connectivity index (χ3n) is 2.08. The van der Waals surface area contributed by atoms with Crippen molar-refractivity contribution in [2.75, 3.05) is 0 Å². The lowest BCUT2D eigenvalue weighted by molar-refractivity contribution is 0.795. The van der Waals surface area contributed by atoms with Gasteiger partial charge in [0.25, 0.3) is 0 Å². The van der Waals surface area contributed by atoms with E-state index in [-0.39, 0.29) is 4.83 Å². The molecule has 3 nitrogen and oxygen atoms in total. The summed E-state index contributed by atoms with van der Waals surface area (Å²) in [4.78, 5) is 0.204. The Morgan fingerprint density at radius 1 is 1.31 bits per heavy atom. The first kappa shape index (κ1) is 12.3. The number of nitrogens with zero attached hydrogens (tertiary/aromatic N) is 3. The van der Waals surface area contributed by atoms with Crippen molar-refractivity contribution in [2.45, 2.75) is 11.8 Å². The Kier molecular flexibility index (Phi) is 3.81. The summed E-state index contributed by atoms with van der Waals surface area (Å²) in [6.45, 7) is 2.02. The topological polar surface area (TPSA) is 30.7 Å². The van der Waals surface area contributed by atoms with Gasteiger partial charge in [-0.05, 0) is 41.1 Å². The predicted octanol–water partition coefficient (Wildman–Crippen LogP) is 4.25. The van der Waals surface area contributed by atoms with Gasteiger partial charge in [-0.1, -0.05) is 37.1 Å². The van der Waals surface area contributed by atoms with Crippen molar-refractivity contribution in [3.05, 3.63) is 39.0 Å². The lowest BCUT2D eigenvalue weighted by Crippen LogP contribution is -1.95. The van der Waals surface area contributed by atoms with Crippen LogP contribution in [0.25, 0.3) is 5.69 Å². The number of benzene rings is 1. The van der Waals surface area contributed by atoms with Crippen molar-refractivity contribution in [3.8, 4) is 5.69 Å². The van der Waals surface area contributed by atoms with Crippen LogP contribution in [0, 0.1) is 0 Å². The molecule has 0 radical (unpaired) electrons. The number of halogens is 3. The van der Waals surface area contributed by atoms with Crippen LogP contribution in [0.1, 0.15) is 17.4 Å². The molecule has 2 aromatic rings. The molecule has 0 amide bonds. The van der Waals surface area contributed by atoms with Gasteiger partial charge in [0, 0.05) is 8.95 Å². The molecule has 1 heterocycles. The molecule has 0 saturated carbocycles. The van der Waals surface area contributed by atoms with Gasteiger partial charge in [0.05, 0.1) is 22.4 Å². The largest absolute Gasteiger partial charge is 0.219 e. The van der Waals surface area contributed by atoms with E-state index in [1.54, 1.807) is 4.68 Å². The maximum Gasteiger partial charge on any atom is 0.0965 e. The monoisotopic (exact) mass is 407 g/mol. The summed E-state index contributed by atoms with van der Waals surface area (Å²) < 4.78 is 3.75. The molecule has 0 N–H and O–H groups in total. The summed E-state index contributed by atoms with van der Waals surface area (Å²) in [5.74, 6) is 0. The van der Waals surface area contributed by atoms with Crippen LogP contribution >= 0.6 is 47.8 Å². The maximum absolute atomic E-state index is 4.09. The third-order valence-corrected chi connectivity index (χ3v) is 3.67. The SMILES string of the molecule is CC(Br)c1cn(-c2ccc(Br)cc2Br)nn1. The minimum Gasteiger partial charge on any atom is -0.219 e. The Labute approximate surface area is 119 Å². The highest BCUT2D eigenvalue weighted by molar-refractivity contribution is 9.11. The van der Waals surface area contributed by atoms with Gasteiger partial charge in [0.1, 0.15) is 0 Å². The van der Waals surface area contributed by atoms with Crippen LogP contribution in [-0.2, 0) is 0 Å². The Morgan fingerprint density at radius 2 is 2.06 bits per heavy atom. The smallest absolute Gasteiger partial charge is 0.0965 e. The highest BCUT2D eigenvalue weighted by Crippen LogP contribution is 2.26. The van der Waals surface area contributed by atoms with E-state index < -0.39 is 0 Å². The van der Waals surface area contributed by atoms with Crippen LogP contribution in [0.15, 0.2) is 33.3 Å². The number of aromatic nitrogens is 3. The normalized spacial score (nSPS) is 12.8. The standard InChI is InChI=1S/C10H8Br3N3/c1-6(11)9-5-16(15-14-9)10-3-2-7(12)4-8(10)13/h2-6H,1H3. The van der Waals surface area contributed by atoms with Crippen LogP contribution in [0.5, 0.6) is 0 Å².